The maximum Gasteiger partial charge on any atom is 0.228 e. The number of methoxy groups -OCH3 is 2. The minimum absolute atomic E-state index is 0.0136. The molecule has 3 rings (SSSR count). The van der Waals surface area contributed by atoms with E-state index in [9.17, 15) is 4.79 Å². The van der Waals surface area contributed by atoms with E-state index in [0.717, 1.165) is 33.3 Å². The van der Waals surface area contributed by atoms with Crippen molar-refractivity contribution in [2.24, 2.45) is 0 Å². The van der Waals surface area contributed by atoms with Gasteiger partial charge < -0.3 is 9.47 Å². The topological polar surface area (TPSA) is 40.5 Å². The first-order valence-corrected chi connectivity index (χ1v) is 6.33. The molecule has 1 heterocycles. The second-order valence-corrected chi connectivity index (χ2v) is 4.62. The van der Waals surface area contributed by atoms with Gasteiger partial charge in [0.25, 0.3) is 0 Å². The molecule has 4 heteroatoms. The molecular weight excluding hydrogens is 254 g/mol. The maximum absolute atomic E-state index is 11.9. The lowest BCUT2D eigenvalue weighted by Gasteiger charge is -2.03. The molecule has 1 aromatic heterocycles. The Hall–Kier alpha value is -2.49. The molecule has 3 aromatic rings. The predicted molar refractivity (Wildman–Crippen MR) is 78.8 cm³/mol. The van der Waals surface area contributed by atoms with Crippen molar-refractivity contribution in [3.63, 3.8) is 0 Å². The first kappa shape index (κ1) is 12.5. The summed E-state index contributed by atoms with van der Waals surface area (Å²) in [5.74, 6) is 1.52. The molecule has 0 atom stereocenters. The average molecular weight is 269 g/mol. The van der Waals surface area contributed by atoms with Gasteiger partial charge in [0.15, 0.2) is 0 Å². The van der Waals surface area contributed by atoms with Crippen molar-refractivity contribution in [1.29, 1.82) is 0 Å². The highest BCUT2D eigenvalue weighted by molar-refractivity contribution is 6.13. The second-order valence-electron chi connectivity index (χ2n) is 4.62. The number of aromatic nitrogens is 1. The molecule has 0 unspecified atom stereocenters. The van der Waals surface area contributed by atoms with Gasteiger partial charge >= 0.3 is 0 Å². The highest BCUT2D eigenvalue weighted by Crippen LogP contribution is 2.33. The number of benzene rings is 2. The Balaban J connectivity index is 2.48. The highest BCUT2D eigenvalue weighted by Gasteiger charge is 2.14. The molecule has 20 heavy (non-hydrogen) atoms. The van der Waals surface area contributed by atoms with E-state index in [2.05, 4.69) is 0 Å². The number of nitrogens with zero attached hydrogens (tertiary/aromatic N) is 1. The molecule has 0 fully saturated rings. The average Bonchev–Trinajstić information content (AvgIpc) is 2.79. The summed E-state index contributed by atoms with van der Waals surface area (Å²) in [4.78, 5) is 11.9. The Morgan fingerprint density at radius 2 is 1.35 bits per heavy atom. The molecule has 0 saturated carbocycles. The van der Waals surface area contributed by atoms with Gasteiger partial charge in [0.1, 0.15) is 11.5 Å². The molecule has 2 aromatic carbocycles. The highest BCUT2D eigenvalue weighted by atomic mass is 16.5. The van der Waals surface area contributed by atoms with E-state index in [1.54, 1.807) is 25.7 Å². The minimum Gasteiger partial charge on any atom is -0.497 e. The van der Waals surface area contributed by atoms with Crippen LogP contribution in [0.4, 0.5) is 0 Å². The lowest BCUT2D eigenvalue weighted by Crippen LogP contribution is -2.04. The molecule has 0 aliphatic rings. The van der Waals surface area contributed by atoms with Gasteiger partial charge in [0.2, 0.25) is 5.91 Å². The summed E-state index contributed by atoms with van der Waals surface area (Å²) >= 11 is 0. The van der Waals surface area contributed by atoms with E-state index >= 15 is 0 Å². The van der Waals surface area contributed by atoms with Gasteiger partial charge in [0, 0.05) is 17.7 Å². The summed E-state index contributed by atoms with van der Waals surface area (Å²) < 4.78 is 12.3. The second kappa shape index (κ2) is 4.56. The zero-order valence-electron chi connectivity index (χ0n) is 11.6. The smallest absolute Gasteiger partial charge is 0.228 e. The molecule has 4 nitrogen and oxygen atoms in total. The fourth-order valence-corrected chi connectivity index (χ4v) is 2.57. The van der Waals surface area contributed by atoms with Crippen LogP contribution in [-0.2, 0) is 0 Å². The van der Waals surface area contributed by atoms with Gasteiger partial charge in [-0.2, -0.15) is 0 Å². The largest absolute Gasteiger partial charge is 0.497 e. The number of carbonyl (C=O) groups excluding carboxylic acids is 1. The molecule has 0 saturated heterocycles. The summed E-state index contributed by atoms with van der Waals surface area (Å²) in [5, 5.41) is 1.96. The summed E-state index contributed by atoms with van der Waals surface area (Å²) in [7, 11) is 3.26. The number of hydrogen-bond donors (Lipinski definition) is 0. The number of hydrogen-bond acceptors (Lipinski definition) is 3. The van der Waals surface area contributed by atoms with Crippen molar-refractivity contribution in [2.75, 3.05) is 14.2 Å². The Kier molecular flexibility index (Phi) is 2.86. The molecule has 0 bridgehead atoms. The molecule has 0 aliphatic carbocycles. The van der Waals surface area contributed by atoms with Crippen molar-refractivity contribution in [2.45, 2.75) is 6.92 Å². The number of carbonyl (C=O) groups is 1. The molecule has 0 spiro atoms. The summed E-state index contributed by atoms with van der Waals surface area (Å²) in [5.41, 5.74) is 1.75. The molecule has 102 valence electrons. The van der Waals surface area contributed by atoms with Crippen LogP contribution in [0.1, 0.15) is 11.7 Å². The molecule has 0 radical (unpaired) electrons. The first-order valence-electron chi connectivity index (χ1n) is 6.33. The zero-order valence-corrected chi connectivity index (χ0v) is 11.6. The van der Waals surface area contributed by atoms with Gasteiger partial charge in [-0.1, -0.05) is 0 Å². The van der Waals surface area contributed by atoms with E-state index < -0.39 is 0 Å². The van der Waals surface area contributed by atoms with Crippen LogP contribution >= 0.6 is 0 Å². The molecule has 0 N–H and O–H groups in total. The van der Waals surface area contributed by atoms with Gasteiger partial charge in [-0.3, -0.25) is 9.36 Å². The van der Waals surface area contributed by atoms with E-state index in [1.165, 1.54) is 0 Å². The Bertz CT molecular complexity index is 756. The van der Waals surface area contributed by atoms with Crippen LogP contribution in [0, 0.1) is 0 Å². The third-order valence-electron chi connectivity index (χ3n) is 3.49. The Morgan fingerprint density at radius 1 is 0.900 bits per heavy atom. The van der Waals surface area contributed by atoms with Crippen molar-refractivity contribution >= 4 is 27.7 Å². The Labute approximate surface area is 116 Å². The fourth-order valence-electron chi connectivity index (χ4n) is 2.57. The third-order valence-corrected chi connectivity index (χ3v) is 3.49. The zero-order chi connectivity index (χ0) is 14.3. The van der Waals surface area contributed by atoms with Crippen LogP contribution < -0.4 is 9.47 Å². The van der Waals surface area contributed by atoms with E-state index in [-0.39, 0.29) is 5.91 Å². The first-order chi connectivity index (χ1) is 9.65. The maximum atomic E-state index is 11.9. The standard InChI is InChI=1S/C16H15NO3/c1-10(18)17-15-6-4-11(19-2)8-13(15)14-9-12(20-3)5-7-16(14)17/h4-9H,1-3H3. The van der Waals surface area contributed by atoms with Crippen LogP contribution in [0.2, 0.25) is 0 Å². The van der Waals surface area contributed by atoms with Crippen LogP contribution in [0.5, 0.6) is 11.5 Å². The van der Waals surface area contributed by atoms with E-state index in [4.69, 9.17) is 9.47 Å². The van der Waals surface area contributed by atoms with Crippen molar-refractivity contribution in [1.82, 2.24) is 4.57 Å². The lowest BCUT2D eigenvalue weighted by atomic mass is 10.1. The Morgan fingerprint density at radius 3 is 1.70 bits per heavy atom. The summed E-state index contributed by atoms with van der Waals surface area (Å²) in [6.07, 6.45) is 0. The SMILES string of the molecule is COc1ccc2c(c1)c1cc(OC)ccc1n2C(C)=O. The fraction of sp³-hybridized carbons (Fsp3) is 0.188. The van der Waals surface area contributed by atoms with Crippen LogP contribution in [0.25, 0.3) is 21.8 Å². The van der Waals surface area contributed by atoms with Crippen LogP contribution in [0.15, 0.2) is 36.4 Å². The van der Waals surface area contributed by atoms with Crippen LogP contribution in [0.3, 0.4) is 0 Å². The summed E-state index contributed by atoms with van der Waals surface area (Å²) in [6.45, 7) is 1.56. The minimum atomic E-state index is -0.0136. The molecule has 0 amide bonds. The van der Waals surface area contributed by atoms with Crippen molar-refractivity contribution in [3.8, 4) is 11.5 Å². The third kappa shape index (κ3) is 1.72. The van der Waals surface area contributed by atoms with Gasteiger partial charge in [-0.15, -0.1) is 0 Å². The quantitative estimate of drug-likeness (QED) is 0.715. The number of ether oxygens (including phenoxy) is 2. The molecular formula is C16H15NO3. The van der Waals surface area contributed by atoms with Crippen molar-refractivity contribution in [3.05, 3.63) is 36.4 Å². The molecule has 0 aliphatic heterocycles. The van der Waals surface area contributed by atoms with Gasteiger partial charge in [0.05, 0.1) is 25.3 Å². The predicted octanol–water partition coefficient (Wildman–Crippen LogP) is 3.47. The monoisotopic (exact) mass is 269 g/mol. The normalized spacial score (nSPS) is 10.9. The van der Waals surface area contributed by atoms with E-state index in [0.29, 0.717) is 0 Å². The number of rotatable bonds is 2. The van der Waals surface area contributed by atoms with Crippen LogP contribution in [-0.4, -0.2) is 24.7 Å². The van der Waals surface area contributed by atoms with E-state index in [1.807, 2.05) is 36.4 Å². The van der Waals surface area contributed by atoms with Gasteiger partial charge in [-0.25, -0.2) is 0 Å². The number of fused-ring (bicyclic) bond motifs is 3. The lowest BCUT2D eigenvalue weighted by molar-refractivity contribution is 0.0946. The van der Waals surface area contributed by atoms with Crippen molar-refractivity contribution < 1.29 is 14.3 Å². The van der Waals surface area contributed by atoms with Gasteiger partial charge in [-0.05, 0) is 36.4 Å². The summed E-state index contributed by atoms with van der Waals surface area (Å²) in [6, 6.07) is 11.4.